The van der Waals surface area contributed by atoms with Gasteiger partial charge in [-0.2, -0.15) is 11.8 Å². The standard InChI is InChI=1S/C12H15BrINOS/c1-8(17-2)5-6-15-12(16)10-7-9(14)3-4-11(10)13/h3-4,7-8H,5-6H2,1-2H3,(H,15,16). The molecule has 1 rings (SSSR count). The lowest BCUT2D eigenvalue weighted by atomic mass is 10.2. The fraction of sp³-hybridized carbons (Fsp3) is 0.417. The van der Waals surface area contributed by atoms with E-state index in [2.05, 4.69) is 57.0 Å². The van der Waals surface area contributed by atoms with Crippen LogP contribution < -0.4 is 5.32 Å². The van der Waals surface area contributed by atoms with Gasteiger partial charge in [0.15, 0.2) is 0 Å². The van der Waals surface area contributed by atoms with Crippen molar-refractivity contribution >= 4 is 56.2 Å². The molecule has 17 heavy (non-hydrogen) atoms. The lowest BCUT2D eigenvalue weighted by molar-refractivity contribution is 0.0952. The number of thioether (sulfide) groups is 1. The molecule has 2 nitrogen and oxygen atoms in total. The molecule has 0 fully saturated rings. The molecule has 1 unspecified atom stereocenters. The van der Waals surface area contributed by atoms with E-state index in [4.69, 9.17) is 0 Å². The summed E-state index contributed by atoms with van der Waals surface area (Å²) in [5, 5.41) is 3.53. The molecular formula is C12H15BrINOS. The van der Waals surface area contributed by atoms with Crippen LogP contribution in [0.25, 0.3) is 0 Å². The maximum Gasteiger partial charge on any atom is 0.252 e. The molecule has 0 aromatic heterocycles. The minimum Gasteiger partial charge on any atom is -0.352 e. The summed E-state index contributed by atoms with van der Waals surface area (Å²) in [7, 11) is 0. The van der Waals surface area contributed by atoms with Gasteiger partial charge in [-0.1, -0.05) is 6.92 Å². The summed E-state index contributed by atoms with van der Waals surface area (Å²) in [6.07, 6.45) is 3.08. The van der Waals surface area contributed by atoms with E-state index in [9.17, 15) is 4.79 Å². The van der Waals surface area contributed by atoms with E-state index in [1.54, 1.807) is 0 Å². The van der Waals surface area contributed by atoms with Crippen molar-refractivity contribution in [1.29, 1.82) is 0 Å². The Balaban J connectivity index is 2.55. The number of halogens is 2. The zero-order valence-corrected chi connectivity index (χ0v) is 14.4. The number of nitrogens with one attached hydrogen (secondary N) is 1. The fourth-order valence-corrected chi connectivity index (χ4v) is 2.54. The van der Waals surface area contributed by atoms with Gasteiger partial charge in [0.25, 0.3) is 5.91 Å². The highest BCUT2D eigenvalue weighted by atomic mass is 127. The van der Waals surface area contributed by atoms with Gasteiger partial charge in [-0.15, -0.1) is 0 Å². The molecule has 0 saturated carbocycles. The molecule has 0 aliphatic rings. The van der Waals surface area contributed by atoms with Gasteiger partial charge < -0.3 is 5.32 Å². The number of amides is 1. The van der Waals surface area contributed by atoms with Crippen molar-refractivity contribution in [2.75, 3.05) is 12.8 Å². The van der Waals surface area contributed by atoms with Gasteiger partial charge in [-0.05, 0) is 69.4 Å². The number of hydrogen-bond acceptors (Lipinski definition) is 2. The molecule has 1 amide bonds. The van der Waals surface area contributed by atoms with E-state index >= 15 is 0 Å². The second-order valence-corrected chi connectivity index (χ2v) is 7.09. The smallest absolute Gasteiger partial charge is 0.252 e. The number of carbonyl (C=O) groups is 1. The molecule has 0 radical (unpaired) electrons. The van der Waals surface area contributed by atoms with E-state index in [0.717, 1.165) is 21.0 Å². The van der Waals surface area contributed by atoms with Crippen molar-refractivity contribution in [2.45, 2.75) is 18.6 Å². The molecule has 1 aromatic rings. The highest BCUT2D eigenvalue weighted by Gasteiger charge is 2.10. The number of benzene rings is 1. The summed E-state index contributed by atoms with van der Waals surface area (Å²) < 4.78 is 1.90. The van der Waals surface area contributed by atoms with Gasteiger partial charge in [0, 0.05) is 19.8 Å². The Hall–Kier alpha value is 0.250. The Morgan fingerprint density at radius 3 is 2.94 bits per heavy atom. The molecule has 0 aliphatic heterocycles. The molecule has 0 saturated heterocycles. The van der Waals surface area contributed by atoms with Crippen molar-refractivity contribution < 1.29 is 4.79 Å². The van der Waals surface area contributed by atoms with Crippen LogP contribution in [0.1, 0.15) is 23.7 Å². The minimum atomic E-state index is -0.0105. The van der Waals surface area contributed by atoms with Crippen LogP contribution in [0.4, 0.5) is 0 Å². The van der Waals surface area contributed by atoms with Crippen LogP contribution in [0.2, 0.25) is 0 Å². The quantitative estimate of drug-likeness (QED) is 0.721. The molecule has 0 heterocycles. The zero-order valence-electron chi connectivity index (χ0n) is 9.80. The molecule has 0 spiro atoms. The average molecular weight is 428 g/mol. The first-order valence-corrected chi connectivity index (χ1v) is 8.46. The third kappa shape index (κ3) is 5.18. The molecule has 1 atom stereocenters. The van der Waals surface area contributed by atoms with Crippen molar-refractivity contribution in [3.63, 3.8) is 0 Å². The van der Waals surface area contributed by atoms with Gasteiger partial charge in [-0.25, -0.2) is 0 Å². The normalized spacial score (nSPS) is 12.2. The number of rotatable bonds is 5. The number of carbonyl (C=O) groups excluding carboxylic acids is 1. The largest absolute Gasteiger partial charge is 0.352 e. The summed E-state index contributed by atoms with van der Waals surface area (Å²) in [5.74, 6) is -0.0105. The van der Waals surface area contributed by atoms with Crippen molar-refractivity contribution in [2.24, 2.45) is 0 Å². The van der Waals surface area contributed by atoms with Crippen molar-refractivity contribution in [3.8, 4) is 0 Å². The Kier molecular flexibility index (Phi) is 6.87. The summed E-state index contributed by atoms with van der Waals surface area (Å²) >= 11 is 7.42. The van der Waals surface area contributed by atoms with Crippen LogP contribution in [-0.4, -0.2) is 24.0 Å². The van der Waals surface area contributed by atoms with Crippen LogP contribution in [0, 0.1) is 3.57 Å². The van der Waals surface area contributed by atoms with Crippen LogP contribution in [0.15, 0.2) is 22.7 Å². The fourth-order valence-electron chi connectivity index (χ4n) is 1.27. The predicted molar refractivity (Wildman–Crippen MR) is 86.8 cm³/mol. The van der Waals surface area contributed by atoms with Gasteiger partial charge in [0.05, 0.1) is 5.56 Å². The Morgan fingerprint density at radius 1 is 1.59 bits per heavy atom. The third-order valence-corrected chi connectivity index (χ3v) is 4.81. The van der Waals surface area contributed by atoms with E-state index in [1.165, 1.54) is 0 Å². The summed E-state index contributed by atoms with van der Waals surface area (Å²) in [6, 6.07) is 5.76. The Bertz CT molecular complexity index is 400. The topological polar surface area (TPSA) is 29.1 Å². The van der Waals surface area contributed by atoms with Crippen molar-refractivity contribution in [1.82, 2.24) is 5.32 Å². The van der Waals surface area contributed by atoms with E-state index in [0.29, 0.717) is 10.8 Å². The third-order valence-electron chi connectivity index (χ3n) is 2.41. The summed E-state index contributed by atoms with van der Waals surface area (Å²) in [5.41, 5.74) is 0.703. The highest BCUT2D eigenvalue weighted by molar-refractivity contribution is 14.1. The molecule has 0 bridgehead atoms. The first-order valence-electron chi connectivity index (χ1n) is 5.30. The predicted octanol–water partition coefficient (Wildman–Crippen LogP) is 3.93. The van der Waals surface area contributed by atoms with Gasteiger partial charge in [0.1, 0.15) is 0 Å². The lowest BCUT2D eigenvalue weighted by Crippen LogP contribution is -2.26. The van der Waals surface area contributed by atoms with E-state index < -0.39 is 0 Å². The molecular weight excluding hydrogens is 413 g/mol. The molecule has 1 N–H and O–H groups in total. The first kappa shape index (κ1) is 15.3. The maximum absolute atomic E-state index is 11.9. The molecule has 0 aliphatic carbocycles. The Morgan fingerprint density at radius 2 is 2.29 bits per heavy atom. The lowest BCUT2D eigenvalue weighted by Gasteiger charge is -2.10. The second kappa shape index (κ2) is 7.63. The number of hydrogen-bond donors (Lipinski definition) is 1. The van der Waals surface area contributed by atoms with Gasteiger partial charge in [-0.3, -0.25) is 4.79 Å². The molecule has 1 aromatic carbocycles. The summed E-state index contributed by atoms with van der Waals surface area (Å²) in [6.45, 7) is 2.89. The molecule has 94 valence electrons. The highest BCUT2D eigenvalue weighted by Crippen LogP contribution is 2.19. The first-order chi connectivity index (χ1) is 8.04. The van der Waals surface area contributed by atoms with Crippen LogP contribution >= 0.6 is 50.3 Å². The zero-order chi connectivity index (χ0) is 12.8. The summed E-state index contributed by atoms with van der Waals surface area (Å²) in [4.78, 5) is 11.9. The van der Waals surface area contributed by atoms with E-state index in [-0.39, 0.29) is 5.91 Å². The SMILES string of the molecule is CSC(C)CCNC(=O)c1cc(I)ccc1Br. The van der Waals surface area contributed by atoms with Crippen LogP contribution in [0.5, 0.6) is 0 Å². The minimum absolute atomic E-state index is 0.0105. The maximum atomic E-state index is 11.9. The van der Waals surface area contributed by atoms with Gasteiger partial charge in [0.2, 0.25) is 0 Å². The van der Waals surface area contributed by atoms with Crippen molar-refractivity contribution in [3.05, 3.63) is 31.8 Å². The Labute approximate surface area is 129 Å². The monoisotopic (exact) mass is 427 g/mol. The second-order valence-electron chi connectivity index (χ2n) is 3.72. The van der Waals surface area contributed by atoms with Crippen LogP contribution in [-0.2, 0) is 0 Å². The van der Waals surface area contributed by atoms with Gasteiger partial charge >= 0.3 is 0 Å². The average Bonchev–Trinajstić information content (AvgIpc) is 2.31. The van der Waals surface area contributed by atoms with Crippen LogP contribution in [0.3, 0.4) is 0 Å². The van der Waals surface area contributed by atoms with E-state index in [1.807, 2.05) is 30.0 Å². The molecule has 5 heteroatoms.